The summed E-state index contributed by atoms with van der Waals surface area (Å²) in [4.78, 5) is 10.6. The highest BCUT2D eigenvalue weighted by molar-refractivity contribution is 7.89. The summed E-state index contributed by atoms with van der Waals surface area (Å²) in [6.07, 6.45) is 2.30. The number of carboxylic acid groups (broad SMARTS) is 1. The fraction of sp³-hybridized carbons (Fsp3) is 0.125. The number of aromatic nitrogens is 1. The van der Waals surface area contributed by atoms with E-state index in [0.717, 1.165) is 12.3 Å². The van der Waals surface area contributed by atoms with Crippen molar-refractivity contribution in [3.05, 3.63) is 24.0 Å². The lowest BCUT2D eigenvalue weighted by Crippen LogP contribution is -2.12. The number of nitrogens with two attached hydrogens (primary N) is 1. The molecule has 1 heterocycles. The topological polar surface area (TPSA) is 102 Å². The highest BCUT2D eigenvalue weighted by Crippen LogP contribution is 2.21. The van der Waals surface area contributed by atoms with Crippen molar-refractivity contribution < 1.29 is 18.3 Å². The van der Waals surface area contributed by atoms with Crippen LogP contribution in [-0.2, 0) is 17.1 Å². The summed E-state index contributed by atoms with van der Waals surface area (Å²) in [5, 5.41) is 13.8. The third kappa shape index (κ3) is 1.92. The maximum Gasteiger partial charge on any atom is 0.353 e. The van der Waals surface area contributed by atoms with Gasteiger partial charge in [0.25, 0.3) is 0 Å². The van der Waals surface area contributed by atoms with Crippen molar-refractivity contribution in [3.8, 4) is 0 Å². The summed E-state index contributed by atoms with van der Waals surface area (Å²) in [6.45, 7) is 3.36. The number of hydrogen-bond acceptors (Lipinski definition) is 3. The fourth-order valence-electron chi connectivity index (χ4n) is 1.31. The van der Waals surface area contributed by atoms with Gasteiger partial charge in [-0.15, -0.1) is 0 Å². The Hall–Kier alpha value is -1.60. The van der Waals surface area contributed by atoms with Gasteiger partial charge in [-0.3, -0.25) is 0 Å². The number of rotatable bonds is 3. The molecule has 0 unspecified atom stereocenters. The second-order valence-corrected chi connectivity index (χ2v) is 4.45. The van der Waals surface area contributed by atoms with Crippen molar-refractivity contribution in [1.82, 2.24) is 4.57 Å². The van der Waals surface area contributed by atoms with Crippen LogP contribution in [0.25, 0.3) is 6.08 Å². The van der Waals surface area contributed by atoms with Gasteiger partial charge in [0, 0.05) is 18.8 Å². The van der Waals surface area contributed by atoms with Crippen molar-refractivity contribution in [1.29, 1.82) is 0 Å². The number of carboxylic acids is 1. The van der Waals surface area contributed by atoms with Gasteiger partial charge >= 0.3 is 5.97 Å². The molecule has 7 heteroatoms. The molecule has 15 heavy (non-hydrogen) atoms. The molecular weight excluding hydrogens is 220 g/mol. The number of sulfonamides is 1. The Morgan fingerprint density at radius 1 is 1.67 bits per heavy atom. The van der Waals surface area contributed by atoms with Crippen molar-refractivity contribution >= 4 is 22.1 Å². The molecule has 0 spiro atoms. The molecule has 1 aromatic heterocycles. The first-order valence-electron chi connectivity index (χ1n) is 3.87. The summed E-state index contributed by atoms with van der Waals surface area (Å²) in [5.41, 5.74) is -0.151. The zero-order valence-corrected chi connectivity index (χ0v) is 8.78. The van der Waals surface area contributed by atoms with Crippen LogP contribution in [-0.4, -0.2) is 24.1 Å². The number of hydrogen-bond donors (Lipinski definition) is 2. The predicted molar refractivity (Wildman–Crippen MR) is 53.8 cm³/mol. The van der Waals surface area contributed by atoms with Crippen molar-refractivity contribution in [2.75, 3.05) is 0 Å². The highest BCUT2D eigenvalue weighted by Gasteiger charge is 2.23. The van der Waals surface area contributed by atoms with E-state index >= 15 is 0 Å². The van der Waals surface area contributed by atoms with E-state index in [-0.39, 0.29) is 16.2 Å². The molecule has 0 aromatic carbocycles. The van der Waals surface area contributed by atoms with Crippen LogP contribution in [0.2, 0.25) is 0 Å². The number of nitrogens with zero attached hydrogens (tertiary/aromatic N) is 1. The Kier molecular flexibility index (Phi) is 2.69. The maximum absolute atomic E-state index is 11.1. The summed E-state index contributed by atoms with van der Waals surface area (Å²) in [7, 11) is -2.51. The molecule has 0 aliphatic heterocycles. The summed E-state index contributed by atoms with van der Waals surface area (Å²) in [5.74, 6) is -1.23. The SMILES string of the molecule is C=Cc1c(S(N)(=O)=O)cn(C)c1C(=O)O. The minimum absolute atomic E-state index is 0.00694. The molecule has 0 aliphatic rings. The Bertz CT molecular complexity index is 527. The van der Waals surface area contributed by atoms with Gasteiger partial charge in [-0.2, -0.15) is 0 Å². The molecule has 0 bridgehead atoms. The van der Waals surface area contributed by atoms with Crippen LogP contribution in [0, 0.1) is 0 Å². The van der Waals surface area contributed by atoms with Crippen LogP contribution in [0.1, 0.15) is 16.1 Å². The largest absolute Gasteiger partial charge is 0.477 e. The lowest BCUT2D eigenvalue weighted by atomic mass is 10.2. The molecule has 3 N–H and O–H groups in total. The quantitative estimate of drug-likeness (QED) is 0.763. The number of primary sulfonamides is 1. The minimum atomic E-state index is -3.94. The van der Waals surface area contributed by atoms with Gasteiger partial charge in [0.2, 0.25) is 10.0 Å². The predicted octanol–water partition coefficient (Wildman–Crippen LogP) is 0.0137. The van der Waals surface area contributed by atoms with Gasteiger partial charge in [-0.1, -0.05) is 12.7 Å². The minimum Gasteiger partial charge on any atom is -0.477 e. The zero-order chi connectivity index (χ0) is 11.8. The lowest BCUT2D eigenvalue weighted by molar-refractivity contribution is 0.0686. The number of carbonyl (C=O) groups is 1. The molecule has 1 rings (SSSR count). The third-order valence-electron chi connectivity index (χ3n) is 1.90. The molecule has 0 radical (unpaired) electrons. The summed E-state index contributed by atoms with van der Waals surface area (Å²) < 4.78 is 23.4. The van der Waals surface area contributed by atoms with E-state index in [1.165, 1.54) is 11.6 Å². The zero-order valence-electron chi connectivity index (χ0n) is 7.97. The standard InChI is InChI=1S/C8H10N2O4S/c1-3-5-6(15(9,13)14)4-10(2)7(5)8(11)12/h3-4H,1H2,2H3,(H,11,12)(H2,9,13,14). The third-order valence-corrected chi connectivity index (χ3v) is 2.84. The second kappa shape index (κ2) is 3.52. The molecule has 0 saturated heterocycles. The first-order valence-corrected chi connectivity index (χ1v) is 5.41. The van der Waals surface area contributed by atoms with Crippen LogP contribution >= 0.6 is 0 Å². The molecule has 82 valence electrons. The van der Waals surface area contributed by atoms with E-state index < -0.39 is 16.0 Å². The van der Waals surface area contributed by atoms with Gasteiger partial charge in [-0.25, -0.2) is 18.4 Å². The molecule has 0 aliphatic carbocycles. The highest BCUT2D eigenvalue weighted by atomic mass is 32.2. The van der Waals surface area contributed by atoms with Gasteiger partial charge in [0.15, 0.2) is 0 Å². The van der Waals surface area contributed by atoms with E-state index in [1.54, 1.807) is 0 Å². The fourth-order valence-corrected chi connectivity index (χ4v) is 2.10. The number of aryl methyl sites for hydroxylation is 1. The van der Waals surface area contributed by atoms with Crippen LogP contribution in [0.15, 0.2) is 17.7 Å². The molecule has 0 fully saturated rings. The van der Waals surface area contributed by atoms with Crippen molar-refractivity contribution in [3.63, 3.8) is 0 Å². The van der Waals surface area contributed by atoms with E-state index in [2.05, 4.69) is 6.58 Å². The Morgan fingerprint density at radius 3 is 2.53 bits per heavy atom. The average Bonchev–Trinajstić information content (AvgIpc) is 2.41. The average molecular weight is 230 g/mol. The first kappa shape index (κ1) is 11.5. The summed E-state index contributed by atoms with van der Waals surface area (Å²) >= 11 is 0. The monoisotopic (exact) mass is 230 g/mol. The smallest absolute Gasteiger partial charge is 0.353 e. The van der Waals surface area contributed by atoms with Crippen LogP contribution in [0.4, 0.5) is 0 Å². The molecule has 6 nitrogen and oxygen atoms in total. The molecule has 0 saturated carbocycles. The van der Waals surface area contributed by atoms with Gasteiger partial charge in [0.05, 0.1) is 0 Å². The summed E-state index contributed by atoms with van der Waals surface area (Å²) in [6, 6.07) is 0. The van der Waals surface area contributed by atoms with Crippen molar-refractivity contribution in [2.24, 2.45) is 12.2 Å². The maximum atomic E-state index is 11.1. The Labute approximate surface area is 86.7 Å². The first-order chi connectivity index (χ1) is 6.79. The van der Waals surface area contributed by atoms with Gasteiger partial charge in [0.1, 0.15) is 10.6 Å². The Balaban J connectivity index is 3.66. The normalized spacial score (nSPS) is 11.3. The van der Waals surface area contributed by atoms with Gasteiger partial charge in [-0.05, 0) is 0 Å². The molecule has 0 atom stereocenters. The van der Waals surface area contributed by atoms with E-state index in [1.807, 2.05) is 0 Å². The van der Waals surface area contributed by atoms with Crippen LogP contribution in [0.5, 0.6) is 0 Å². The molecular formula is C8H10N2O4S. The molecule has 1 aromatic rings. The van der Waals surface area contributed by atoms with Crippen LogP contribution in [0.3, 0.4) is 0 Å². The Morgan fingerprint density at radius 2 is 2.20 bits per heavy atom. The van der Waals surface area contributed by atoms with Gasteiger partial charge < -0.3 is 9.67 Å². The van der Waals surface area contributed by atoms with E-state index in [4.69, 9.17) is 10.2 Å². The van der Waals surface area contributed by atoms with E-state index in [9.17, 15) is 13.2 Å². The van der Waals surface area contributed by atoms with Crippen molar-refractivity contribution in [2.45, 2.75) is 4.90 Å². The lowest BCUT2D eigenvalue weighted by Gasteiger charge is -1.98. The molecule has 0 amide bonds. The second-order valence-electron chi connectivity index (χ2n) is 2.92. The number of aromatic carboxylic acids is 1. The van der Waals surface area contributed by atoms with E-state index in [0.29, 0.717) is 0 Å². The van der Waals surface area contributed by atoms with Crippen LogP contribution < -0.4 is 5.14 Å².